The van der Waals surface area contributed by atoms with E-state index in [1.165, 1.54) is 18.5 Å². The predicted molar refractivity (Wildman–Crippen MR) is 92.1 cm³/mol. The van der Waals surface area contributed by atoms with Crippen LogP contribution in [0.25, 0.3) is 0 Å². The molecule has 1 aromatic carbocycles. The topological polar surface area (TPSA) is 15.3 Å². The van der Waals surface area contributed by atoms with Gasteiger partial charge < -0.3 is 10.2 Å². The highest BCUT2D eigenvalue weighted by Crippen LogP contribution is 2.20. The lowest BCUT2D eigenvalue weighted by Crippen LogP contribution is -2.29. The van der Waals surface area contributed by atoms with Crippen LogP contribution in [0.2, 0.25) is 0 Å². The summed E-state index contributed by atoms with van der Waals surface area (Å²) in [5.74, 6) is 0.783. The summed E-state index contributed by atoms with van der Waals surface area (Å²) >= 11 is 3.50. The van der Waals surface area contributed by atoms with Crippen LogP contribution >= 0.6 is 15.9 Å². The van der Waals surface area contributed by atoms with Gasteiger partial charge in [-0.05, 0) is 50.2 Å². The molecule has 2 atom stereocenters. The summed E-state index contributed by atoms with van der Waals surface area (Å²) in [7, 11) is 2.23. The monoisotopic (exact) mass is 340 g/mol. The van der Waals surface area contributed by atoms with Gasteiger partial charge in [0.1, 0.15) is 0 Å². The molecule has 114 valence electrons. The van der Waals surface area contributed by atoms with Crippen LogP contribution in [0.3, 0.4) is 0 Å². The highest BCUT2D eigenvalue weighted by molar-refractivity contribution is 9.10. The standard InChI is InChI=1S/C17H29BrN2/c1-5-14(3)13-20(4)12-11-17(19-6-2)15-7-9-16(18)10-8-15/h7-10,14,17,19H,5-6,11-13H2,1-4H3. The zero-order chi connectivity index (χ0) is 15.0. The average molecular weight is 341 g/mol. The molecule has 2 unspecified atom stereocenters. The summed E-state index contributed by atoms with van der Waals surface area (Å²) in [6.07, 6.45) is 2.41. The van der Waals surface area contributed by atoms with E-state index in [1.807, 2.05) is 0 Å². The molecule has 3 heteroatoms. The third-order valence-corrected chi connectivity index (χ3v) is 4.37. The Bertz CT molecular complexity index is 364. The van der Waals surface area contributed by atoms with Gasteiger partial charge in [-0.3, -0.25) is 0 Å². The van der Waals surface area contributed by atoms with Crippen LogP contribution < -0.4 is 5.32 Å². The molecule has 0 spiro atoms. The Morgan fingerprint density at radius 2 is 1.85 bits per heavy atom. The highest BCUT2D eigenvalue weighted by atomic mass is 79.9. The minimum Gasteiger partial charge on any atom is -0.310 e. The molecule has 1 rings (SSSR count). The Balaban J connectivity index is 2.52. The second-order valence-electron chi connectivity index (χ2n) is 5.73. The third-order valence-electron chi connectivity index (χ3n) is 3.84. The van der Waals surface area contributed by atoms with Crippen LogP contribution in [0.4, 0.5) is 0 Å². The number of nitrogens with one attached hydrogen (secondary N) is 1. The quantitative estimate of drug-likeness (QED) is 0.713. The molecule has 0 aliphatic rings. The maximum absolute atomic E-state index is 3.60. The first-order valence-corrected chi connectivity index (χ1v) is 8.53. The molecule has 0 aliphatic heterocycles. The molecule has 2 nitrogen and oxygen atoms in total. The summed E-state index contributed by atoms with van der Waals surface area (Å²) in [6, 6.07) is 9.14. The van der Waals surface area contributed by atoms with Crippen LogP contribution in [0.15, 0.2) is 28.7 Å². The van der Waals surface area contributed by atoms with E-state index < -0.39 is 0 Å². The molecule has 1 N–H and O–H groups in total. The van der Waals surface area contributed by atoms with Crippen LogP contribution in [-0.4, -0.2) is 31.6 Å². The summed E-state index contributed by atoms with van der Waals surface area (Å²) in [5, 5.41) is 3.60. The molecule has 0 fully saturated rings. The number of halogens is 1. The van der Waals surface area contributed by atoms with E-state index in [-0.39, 0.29) is 0 Å². The van der Waals surface area contributed by atoms with Gasteiger partial charge in [-0.15, -0.1) is 0 Å². The molecule has 1 aromatic rings. The number of benzene rings is 1. The lowest BCUT2D eigenvalue weighted by Gasteiger charge is -2.24. The van der Waals surface area contributed by atoms with Crippen LogP contribution in [0.1, 0.15) is 45.2 Å². The maximum atomic E-state index is 3.60. The second kappa shape index (κ2) is 9.54. The van der Waals surface area contributed by atoms with Gasteiger partial charge in [-0.2, -0.15) is 0 Å². The minimum atomic E-state index is 0.451. The number of nitrogens with zero attached hydrogens (tertiary/aromatic N) is 1. The van der Waals surface area contributed by atoms with Gasteiger partial charge in [0.15, 0.2) is 0 Å². The molecule has 0 saturated carbocycles. The van der Waals surface area contributed by atoms with Crippen molar-refractivity contribution in [2.45, 2.75) is 39.7 Å². The Morgan fingerprint density at radius 3 is 2.40 bits per heavy atom. The first-order chi connectivity index (χ1) is 9.56. The first kappa shape index (κ1) is 17.7. The van der Waals surface area contributed by atoms with E-state index in [0.717, 1.165) is 29.9 Å². The fraction of sp³-hybridized carbons (Fsp3) is 0.647. The van der Waals surface area contributed by atoms with Gasteiger partial charge in [0.25, 0.3) is 0 Å². The normalized spacial score (nSPS) is 14.5. The van der Waals surface area contributed by atoms with Crippen molar-refractivity contribution in [2.24, 2.45) is 5.92 Å². The summed E-state index contributed by atoms with van der Waals surface area (Å²) in [4.78, 5) is 2.46. The van der Waals surface area contributed by atoms with Crippen molar-refractivity contribution in [1.29, 1.82) is 0 Å². The van der Waals surface area contributed by atoms with E-state index >= 15 is 0 Å². The van der Waals surface area contributed by atoms with E-state index in [9.17, 15) is 0 Å². The fourth-order valence-electron chi connectivity index (χ4n) is 2.43. The Hall–Kier alpha value is -0.380. The third kappa shape index (κ3) is 6.38. The molecule has 0 aromatic heterocycles. The first-order valence-electron chi connectivity index (χ1n) is 7.74. The van der Waals surface area contributed by atoms with Crippen molar-refractivity contribution >= 4 is 15.9 Å². The fourth-order valence-corrected chi connectivity index (χ4v) is 2.69. The zero-order valence-electron chi connectivity index (χ0n) is 13.3. The number of hydrogen-bond acceptors (Lipinski definition) is 2. The van der Waals surface area contributed by atoms with Crippen molar-refractivity contribution < 1.29 is 0 Å². The van der Waals surface area contributed by atoms with Crippen LogP contribution in [0, 0.1) is 5.92 Å². The summed E-state index contributed by atoms with van der Waals surface area (Å²) in [6.45, 7) is 10.1. The van der Waals surface area contributed by atoms with Crippen molar-refractivity contribution in [3.63, 3.8) is 0 Å². The Kier molecular flexibility index (Phi) is 8.43. The summed E-state index contributed by atoms with van der Waals surface area (Å²) in [5.41, 5.74) is 1.38. The van der Waals surface area contributed by atoms with E-state index in [1.54, 1.807) is 0 Å². The van der Waals surface area contributed by atoms with Crippen molar-refractivity contribution in [3.8, 4) is 0 Å². The summed E-state index contributed by atoms with van der Waals surface area (Å²) < 4.78 is 1.14. The average Bonchev–Trinajstić information content (AvgIpc) is 2.44. The Morgan fingerprint density at radius 1 is 1.20 bits per heavy atom. The molecule has 0 bridgehead atoms. The van der Waals surface area contributed by atoms with E-state index in [0.29, 0.717) is 6.04 Å². The van der Waals surface area contributed by atoms with Gasteiger partial charge in [0, 0.05) is 17.1 Å². The highest BCUT2D eigenvalue weighted by Gasteiger charge is 2.12. The largest absolute Gasteiger partial charge is 0.310 e. The lowest BCUT2D eigenvalue weighted by molar-refractivity contribution is 0.266. The maximum Gasteiger partial charge on any atom is 0.0332 e. The molecule has 0 amide bonds. The van der Waals surface area contributed by atoms with Gasteiger partial charge in [0.2, 0.25) is 0 Å². The lowest BCUT2D eigenvalue weighted by atomic mass is 10.0. The number of rotatable bonds is 9. The molecule has 20 heavy (non-hydrogen) atoms. The molecular weight excluding hydrogens is 312 g/mol. The van der Waals surface area contributed by atoms with Gasteiger partial charge in [-0.1, -0.05) is 55.3 Å². The SMILES string of the molecule is CCNC(CCN(C)CC(C)CC)c1ccc(Br)cc1. The zero-order valence-corrected chi connectivity index (χ0v) is 14.9. The predicted octanol–water partition coefficient (Wildman–Crippen LogP) is 4.47. The van der Waals surface area contributed by atoms with Crippen LogP contribution in [0.5, 0.6) is 0 Å². The van der Waals surface area contributed by atoms with Gasteiger partial charge in [-0.25, -0.2) is 0 Å². The molecule has 0 radical (unpaired) electrons. The molecule has 0 aliphatic carbocycles. The van der Waals surface area contributed by atoms with Crippen molar-refractivity contribution in [2.75, 3.05) is 26.7 Å². The van der Waals surface area contributed by atoms with E-state index in [2.05, 4.69) is 78.2 Å². The second-order valence-corrected chi connectivity index (χ2v) is 6.64. The smallest absolute Gasteiger partial charge is 0.0332 e. The number of hydrogen-bond donors (Lipinski definition) is 1. The van der Waals surface area contributed by atoms with Crippen molar-refractivity contribution in [3.05, 3.63) is 34.3 Å². The Labute approximate surface area is 133 Å². The minimum absolute atomic E-state index is 0.451. The molecule has 0 saturated heterocycles. The van der Waals surface area contributed by atoms with Crippen molar-refractivity contribution in [1.82, 2.24) is 10.2 Å². The van der Waals surface area contributed by atoms with Gasteiger partial charge >= 0.3 is 0 Å². The molecular formula is C17H29BrN2. The van der Waals surface area contributed by atoms with Gasteiger partial charge in [0.05, 0.1) is 0 Å². The van der Waals surface area contributed by atoms with Crippen LogP contribution in [-0.2, 0) is 0 Å². The molecule has 0 heterocycles. The van der Waals surface area contributed by atoms with E-state index in [4.69, 9.17) is 0 Å².